The van der Waals surface area contributed by atoms with Gasteiger partial charge in [-0.2, -0.15) is 9.78 Å². The van der Waals surface area contributed by atoms with Crippen LogP contribution in [0.15, 0.2) is 60.0 Å². The molecule has 1 aromatic carbocycles. The van der Waals surface area contributed by atoms with Gasteiger partial charge in [-0.3, -0.25) is 4.79 Å². The summed E-state index contributed by atoms with van der Waals surface area (Å²) in [6.45, 7) is 1.81. The minimum Gasteiger partial charge on any atom is -0.340 e. The molecular weight excluding hydrogens is 466 g/mol. The van der Waals surface area contributed by atoms with Crippen LogP contribution in [0.2, 0.25) is 5.02 Å². The van der Waals surface area contributed by atoms with Gasteiger partial charge in [0.25, 0.3) is 5.56 Å². The zero-order valence-corrected chi connectivity index (χ0v) is 19.5. The predicted octanol–water partition coefficient (Wildman–Crippen LogP) is 3.01. The normalized spacial score (nSPS) is 13.1. The highest BCUT2D eigenvalue weighted by molar-refractivity contribution is 6.32. The second kappa shape index (κ2) is 8.57. The van der Waals surface area contributed by atoms with Crippen LogP contribution in [0.3, 0.4) is 0 Å². The molecule has 0 aliphatic carbocycles. The number of pyridine rings is 1. The van der Waals surface area contributed by atoms with Crippen molar-refractivity contribution in [2.75, 3.05) is 11.9 Å². The van der Waals surface area contributed by atoms with E-state index in [1.807, 2.05) is 19.3 Å². The van der Waals surface area contributed by atoms with Gasteiger partial charge in [-0.15, -0.1) is 0 Å². The summed E-state index contributed by atoms with van der Waals surface area (Å²) in [7, 11) is 1.86. The van der Waals surface area contributed by atoms with Crippen molar-refractivity contribution in [3.05, 3.63) is 81.8 Å². The van der Waals surface area contributed by atoms with Crippen molar-refractivity contribution in [3.63, 3.8) is 0 Å². The zero-order valence-electron chi connectivity index (χ0n) is 18.7. The summed E-state index contributed by atoms with van der Waals surface area (Å²) in [6.07, 6.45) is 7.52. The summed E-state index contributed by atoms with van der Waals surface area (Å²) in [5.41, 5.74) is 4.38. The first-order valence-corrected chi connectivity index (χ1v) is 11.4. The minimum absolute atomic E-state index is 0.225. The van der Waals surface area contributed by atoms with Gasteiger partial charge in [-0.25, -0.2) is 19.9 Å². The molecule has 5 aromatic rings. The summed E-state index contributed by atoms with van der Waals surface area (Å²) in [4.78, 5) is 31.1. The lowest BCUT2D eigenvalue weighted by atomic mass is 10.0. The zero-order chi connectivity index (χ0) is 23.9. The topological polar surface area (TPSA) is 115 Å². The van der Waals surface area contributed by atoms with Gasteiger partial charge in [0.1, 0.15) is 16.9 Å². The maximum Gasteiger partial charge on any atom is 0.284 e. The lowest BCUT2D eigenvalue weighted by molar-refractivity contribution is 0.644. The van der Waals surface area contributed by atoms with E-state index in [0.717, 1.165) is 25.2 Å². The van der Waals surface area contributed by atoms with E-state index in [1.165, 1.54) is 22.0 Å². The summed E-state index contributed by atoms with van der Waals surface area (Å²) in [5.74, 6) is 0.580. The van der Waals surface area contributed by atoms with E-state index >= 15 is 0 Å². The molecule has 0 spiro atoms. The molecule has 0 saturated heterocycles. The Labute approximate surface area is 204 Å². The average molecular weight is 486 g/mol. The molecule has 0 saturated carbocycles. The quantitative estimate of drug-likeness (QED) is 0.399. The summed E-state index contributed by atoms with van der Waals surface area (Å²) in [6, 6.07) is 9.57. The molecule has 2 N–H and O–H groups in total. The molecule has 1 aliphatic heterocycles. The predicted molar refractivity (Wildman–Crippen MR) is 133 cm³/mol. The Bertz CT molecular complexity index is 1640. The first-order chi connectivity index (χ1) is 17.1. The van der Waals surface area contributed by atoms with Crippen LogP contribution in [0.25, 0.3) is 28.1 Å². The number of fused-ring (bicyclic) bond motifs is 2. The molecule has 5 heterocycles. The Hall–Kier alpha value is -4.15. The molecule has 0 bridgehead atoms. The third-order valence-corrected chi connectivity index (χ3v) is 6.17. The van der Waals surface area contributed by atoms with E-state index in [-0.39, 0.29) is 11.2 Å². The van der Waals surface area contributed by atoms with Gasteiger partial charge in [-0.1, -0.05) is 17.7 Å². The number of imidazole rings is 1. The molecular formula is C24H20ClN9O. The van der Waals surface area contributed by atoms with Crippen molar-refractivity contribution in [1.29, 1.82) is 0 Å². The van der Waals surface area contributed by atoms with Crippen LogP contribution in [0.1, 0.15) is 11.1 Å². The number of aromatic nitrogens is 7. The van der Waals surface area contributed by atoms with Crippen LogP contribution in [-0.2, 0) is 20.0 Å². The van der Waals surface area contributed by atoms with Crippen LogP contribution >= 0.6 is 11.6 Å². The maximum absolute atomic E-state index is 13.4. The summed E-state index contributed by atoms with van der Waals surface area (Å²) in [5, 5.41) is 11.8. The maximum atomic E-state index is 13.4. The van der Waals surface area contributed by atoms with Gasteiger partial charge >= 0.3 is 0 Å². The van der Waals surface area contributed by atoms with E-state index in [9.17, 15) is 4.79 Å². The number of rotatable bonds is 4. The van der Waals surface area contributed by atoms with Crippen molar-refractivity contribution >= 4 is 34.1 Å². The molecule has 174 valence electrons. The van der Waals surface area contributed by atoms with E-state index in [2.05, 4.69) is 47.8 Å². The average Bonchev–Trinajstić information content (AvgIpc) is 3.31. The third kappa shape index (κ3) is 3.92. The Balaban J connectivity index is 1.50. The SMILES string of the molecule is Cn1cnc(-c2nn(-c3ncccc3Cl)c(=O)c3cnc(Nc4ccc5c(c4)CNCC5)nc23)c1. The lowest BCUT2D eigenvalue weighted by Crippen LogP contribution is -2.24. The minimum atomic E-state index is -0.424. The Morgan fingerprint density at radius 1 is 1.14 bits per heavy atom. The van der Waals surface area contributed by atoms with Crippen LogP contribution in [-0.4, -0.2) is 40.8 Å². The first-order valence-electron chi connectivity index (χ1n) is 11.1. The number of nitrogens with one attached hydrogen (secondary N) is 2. The summed E-state index contributed by atoms with van der Waals surface area (Å²) < 4.78 is 2.97. The summed E-state index contributed by atoms with van der Waals surface area (Å²) >= 11 is 6.32. The third-order valence-electron chi connectivity index (χ3n) is 5.87. The van der Waals surface area contributed by atoms with Crippen LogP contribution in [0.4, 0.5) is 11.6 Å². The van der Waals surface area contributed by atoms with E-state index < -0.39 is 5.56 Å². The number of hydrogen-bond donors (Lipinski definition) is 2. The Kier molecular flexibility index (Phi) is 5.24. The number of halogens is 1. The standard InChI is InChI=1S/C24H20ClN9O/c1-33-12-19(29-13-33)21-20-17(23(35)34(32-21)22-18(25)3-2-7-27-22)11-28-24(31-20)30-16-5-4-14-6-8-26-10-15(14)9-16/h2-5,7,9,11-13,26H,6,8,10H2,1H3,(H,28,30,31). The number of benzene rings is 1. The molecule has 6 rings (SSSR count). The lowest BCUT2D eigenvalue weighted by Gasteiger charge is -2.18. The van der Waals surface area contributed by atoms with E-state index in [1.54, 1.807) is 29.2 Å². The van der Waals surface area contributed by atoms with Gasteiger partial charge in [0.15, 0.2) is 5.82 Å². The smallest absolute Gasteiger partial charge is 0.284 e. The van der Waals surface area contributed by atoms with Gasteiger partial charge in [0, 0.05) is 37.9 Å². The highest BCUT2D eigenvalue weighted by Gasteiger charge is 2.19. The molecule has 0 radical (unpaired) electrons. The molecule has 10 nitrogen and oxygen atoms in total. The largest absolute Gasteiger partial charge is 0.340 e. The van der Waals surface area contributed by atoms with Crippen molar-refractivity contribution in [2.45, 2.75) is 13.0 Å². The Morgan fingerprint density at radius 3 is 2.89 bits per heavy atom. The first kappa shape index (κ1) is 21.4. The molecule has 0 atom stereocenters. The number of aryl methyl sites for hydroxylation is 1. The second-order valence-electron chi connectivity index (χ2n) is 8.29. The van der Waals surface area contributed by atoms with Crippen molar-refractivity contribution in [1.82, 2.24) is 39.6 Å². The fraction of sp³-hybridized carbons (Fsp3) is 0.167. The molecule has 0 amide bonds. The number of nitrogens with zero attached hydrogens (tertiary/aromatic N) is 7. The van der Waals surface area contributed by atoms with E-state index in [0.29, 0.717) is 27.9 Å². The van der Waals surface area contributed by atoms with Crippen molar-refractivity contribution in [3.8, 4) is 17.2 Å². The second-order valence-corrected chi connectivity index (χ2v) is 8.70. The van der Waals surface area contributed by atoms with Gasteiger partial charge in [0.05, 0.1) is 16.7 Å². The van der Waals surface area contributed by atoms with E-state index in [4.69, 9.17) is 11.6 Å². The van der Waals surface area contributed by atoms with Crippen LogP contribution < -0.4 is 16.2 Å². The van der Waals surface area contributed by atoms with Gasteiger partial charge < -0.3 is 15.2 Å². The van der Waals surface area contributed by atoms with Gasteiger partial charge in [-0.05, 0) is 48.4 Å². The molecule has 1 aliphatic rings. The van der Waals surface area contributed by atoms with Crippen molar-refractivity contribution in [2.24, 2.45) is 7.05 Å². The highest BCUT2D eigenvalue weighted by Crippen LogP contribution is 2.26. The Morgan fingerprint density at radius 2 is 2.06 bits per heavy atom. The fourth-order valence-electron chi connectivity index (χ4n) is 4.16. The van der Waals surface area contributed by atoms with Crippen LogP contribution in [0, 0.1) is 0 Å². The monoisotopic (exact) mass is 485 g/mol. The molecule has 0 fully saturated rings. The molecule has 4 aromatic heterocycles. The molecule has 0 unspecified atom stereocenters. The highest BCUT2D eigenvalue weighted by atomic mass is 35.5. The fourth-order valence-corrected chi connectivity index (χ4v) is 4.36. The molecule has 11 heteroatoms. The van der Waals surface area contributed by atoms with Crippen LogP contribution in [0.5, 0.6) is 0 Å². The molecule has 35 heavy (non-hydrogen) atoms. The number of hydrogen-bond acceptors (Lipinski definition) is 8. The van der Waals surface area contributed by atoms with Crippen molar-refractivity contribution < 1.29 is 0 Å². The number of anilines is 2. The van der Waals surface area contributed by atoms with Gasteiger partial charge in [0.2, 0.25) is 5.95 Å².